The van der Waals surface area contributed by atoms with Gasteiger partial charge < -0.3 is 0 Å². The molecule has 2 aromatic carbocycles. The molecule has 2 aliphatic carbocycles. The minimum Gasteiger partial charge on any atom is -0.207 e. The van der Waals surface area contributed by atoms with Crippen LogP contribution in [0.5, 0.6) is 0 Å². The summed E-state index contributed by atoms with van der Waals surface area (Å²) in [4.78, 5) is -0.981. The molecule has 2 aliphatic rings. The summed E-state index contributed by atoms with van der Waals surface area (Å²) in [6.07, 6.45) is 1.29. The molecule has 5 rings (SSSR count). The average molecular weight is 520 g/mol. The minimum atomic E-state index is -4.51. The Hall–Kier alpha value is -2.85. The summed E-state index contributed by atoms with van der Waals surface area (Å²) in [6, 6.07) is 8.15. The van der Waals surface area contributed by atoms with Crippen LogP contribution >= 0.6 is 0 Å². The summed E-state index contributed by atoms with van der Waals surface area (Å²) in [6.45, 7) is 5.54. The molecule has 190 valence electrons. The zero-order valence-corrected chi connectivity index (χ0v) is 20.8. The minimum absolute atomic E-state index is 0.0140. The highest BCUT2D eigenvalue weighted by Crippen LogP contribution is 2.67. The second kappa shape index (κ2) is 8.34. The highest BCUT2D eigenvalue weighted by atomic mass is 32.2. The Morgan fingerprint density at radius 1 is 0.972 bits per heavy atom. The smallest absolute Gasteiger partial charge is 0.207 e. The van der Waals surface area contributed by atoms with E-state index >= 15 is 0 Å². The first kappa shape index (κ1) is 24.8. The lowest BCUT2D eigenvalue weighted by Crippen LogP contribution is -2.48. The molecule has 1 fully saturated rings. The van der Waals surface area contributed by atoms with E-state index in [1.807, 2.05) is 13.8 Å². The van der Waals surface area contributed by atoms with Crippen LogP contribution in [0.1, 0.15) is 50.8 Å². The first-order valence-electron chi connectivity index (χ1n) is 11.7. The lowest BCUT2D eigenvalue weighted by Gasteiger charge is -2.41. The van der Waals surface area contributed by atoms with E-state index in [-0.39, 0.29) is 30.3 Å². The number of hydrogen-bond acceptors (Lipinski definition) is 4. The van der Waals surface area contributed by atoms with Crippen molar-refractivity contribution in [1.29, 1.82) is 0 Å². The van der Waals surface area contributed by atoms with Crippen molar-refractivity contribution in [3.63, 3.8) is 0 Å². The number of aromatic nitrogens is 2. The number of nitrogens with zero attached hydrogens (tertiary/aromatic N) is 3. The fraction of sp³-hybridized carbons (Fsp3) is 0.385. The lowest BCUT2D eigenvalue weighted by molar-refractivity contribution is 0.169. The zero-order valence-electron chi connectivity index (χ0n) is 20.0. The zero-order chi connectivity index (χ0) is 26.0. The average Bonchev–Trinajstić information content (AvgIpc) is 3.17. The van der Waals surface area contributed by atoms with Crippen LogP contribution in [0.2, 0.25) is 0 Å². The van der Waals surface area contributed by atoms with Gasteiger partial charge in [-0.1, -0.05) is 32.9 Å². The molecule has 2 bridgehead atoms. The molecule has 5 nitrogen and oxygen atoms in total. The highest BCUT2D eigenvalue weighted by Gasteiger charge is 2.64. The van der Waals surface area contributed by atoms with E-state index in [0.717, 1.165) is 40.2 Å². The molecule has 2 atom stereocenters. The first-order valence-corrected chi connectivity index (χ1v) is 13.2. The fourth-order valence-electron chi connectivity index (χ4n) is 6.17. The molecule has 0 radical (unpaired) electrons. The lowest BCUT2D eigenvalue weighted by atomic mass is 9.68. The van der Waals surface area contributed by atoms with Crippen LogP contribution in [0.15, 0.2) is 47.4 Å². The summed E-state index contributed by atoms with van der Waals surface area (Å²) in [7, 11) is -4.51. The van der Waals surface area contributed by atoms with Crippen LogP contribution in [0.4, 0.5) is 17.6 Å². The van der Waals surface area contributed by atoms with Crippen molar-refractivity contribution in [3.8, 4) is 11.3 Å². The topological polar surface area (TPSA) is 63.2 Å². The molecule has 0 saturated heterocycles. The fourth-order valence-corrected chi connectivity index (χ4v) is 7.78. The van der Waals surface area contributed by atoms with Gasteiger partial charge in [-0.15, -0.1) is 0 Å². The third kappa shape index (κ3) is 3.33. The van der Waals surface area contributed by atoms with Crippen LogP contribution in [0, 0.1) is 28.7 Å². The van der Waals surface area contributed by atoms with Gasteiger partial charge in [0.15, 0.2) is 4.90 Å². The summed E-state index contributed by atoms with van der Waals surface area (Å²) < 4.78 is 85.8. The van der Waals surface area contributed by atoms with Gasteiger partial charge >= 0.3 is 0 Å². The van der Waals surface area contributed by atoms with E-state index in [4.69, 9.17) is 0 Å². The highest BCUT2D eigenvalue weighted by molar-refractivity contribution is 7.89. The van der Waals surface area contributed by atoms with Crippen molar-refractivity contribution in [2.24, 2.45) is 5.41 Å². The Kier molecular flexibility index (Phi) is 5.75. The van der Waals surface area contributed by atoms with E-state index in [2.05, 4.69) is 10.2 Å². The molecule has 1 saturated carbocycles. The summed E-state index contributed by atoms with van der Waals surface area (Å²) in [5.74, 6) is -3.87. The molecule has 0 spiro atoms. The number of hydrogen-bond donors (Lipinski definition) is 0. The molecule has 10 heteroatoms. The Balaban J connectivity index is 1.61. The number of halogens is 4. The maximum absolute atomic E-state index is 14.5. The largest absolute Gasteiger partial charge is 0.248 e. The third-order valence-electron chi connectivity index (χ3n) is 8.15. The van der Waals surface area contributed by atoms with Crippen LogP contribution in [-0.4, -0.2) is 36.0 Å². The summed E-state index contributed by atoms with van der Waals surface area (Å²) >= 11 is 0. The van der Waals surface area contributed by atoms with Crippen molar-refractivity contribution >= 4 is 10.0 Å². The predicted octanol–water partition coefficient (Wildman–Crippen LogP) is 5.57. The van der Waals surface area contributed by atoms with Crippen molar-refractivity contribution < 1.29 is 26.0 Å². The number of benzene rings is 2. The molecule has 0 aliphatic heterocycles. The molecule has 0 unspecified atom stereocenters. The van der Waals surface area contributed by atoms with E-state index in [9.17, 15) is 26.0 Å². The van der Waals surface area contributed by atoms with Gasteiger partial charge in [-0.05, 0) is 60.1 Å². The monoisotopic (exact) mass is 519 g/mol. The van der Waals surface area contributed by atoms with Crippen LogP contribution in [0.3, 0.4) is 0 Å². The van der Waals surface area contributed by atoms with E-state index < -0.39 is 49.0 Å². The number of likely N-dealkylation sites (N-methyl/N-ethyl adjacent to an activating group) is 1. The molecule has 0 N–H and O–H groups in total. The van der Waals surface area contributed by atoms with Gasteiger partial charge in [0.25, 0.3) is 0 Å². The number of fused-ring (bicyclic) bond motifs is 5. The van der Waals surface area contributed by atoms with Crippen molar-refractivity contribution in [1.82, 2.24) is 14.5 Å². The van der Waals surface area contributed by atoms with Crippen LogP contribution < -0.4 is 0 Å². The second-order valence-electron chi connectivity index (χ2n) is 10.0. The number of sulfonamides is 1. The molecule has 3 aromatic rings. The predicted molar refractivity (Wildman–Crippen MR) is 126 cm³/mol. The van der Waals surface area contributed by atoms with Crippen molar-refractivity contribution in [2.45, 2.75) is 49.8 Å². The Bertz CT molecular complexity index is 1440. The normalized spacial score (nSPS) is 22.3. The number of rotatable bonds is 6. The quantitative estimate of drug-likeness (QED) is 0.400. The van der Waals surface area contributed by atoms with Gasteiger partial charge in [-0.2, -0.15) is 14.5 Å². The van der Waals surface area contributed by atoms with Gasteiger partial charge in [0, 0.05) is 18.5 Å². The van der Waals surface area contributed by atoms with E-state index in [0.29, 0.717) is 18.5 Å². The molecule has 1 aromatic heterocycles. The molecule has 1 heterocycles. The molecular weight excluding hydrogens is 494 g/mol. The molecular formula is C26H25F4N3O2S. The Morgan fingerprint density at radius 3 is 2.14 bits per heavy atom. The maximum atomic E-state index is 14.5. The maximum Gasteiger partial charge on any atom is 0.248 e. The van der Waals surface area contributed by atoms with Gasteiger partial charge in [-0.25, -0.2) is 26.0 Å². The Morgan fingerprint density at radius 2 is 1.56 bits per heavy atom. The molecule has 36 heavy (non-hydrogen) atoms. The standard InChI is InChI=1S/C26H25F4N3O2S/c1-4-33(36(34,35)23-19(29)9-6-10-20(23)30)14-26-12-11-16(25(26,2)3)15-13-21(31-32-24(15)26)22-17(27)7-5-8-18(22)28/h5-10,13,16H,4,11-12,14H2,1-3H3/t16-,26-/m0/s1. The SMILES string of the molecule is CCN(C[C@@]12CC[C@@H](c3cc(-c4c(F)cccc4F)nnc31)C2(C)C)S(=O)(=O)c1c(F)cccc1F. The van der Waals surface area contributed by atoms with Crippen molar-refractivity contribution in [3.05, 3.63) is 77.0 Å². The van der Waals surface area contributed by atoms with Gasteiger partial charge in [0.2, 0.25) is 10.0 Å². The molecule has 0 amide bonds. The van der Waals surface area contributed by atoms with Gasteiger partial charge in [-0.3, -0.25) is 0 Å². The van der Waals surface area contributed by atoms with Crippen molar-refractivity contribution in [2.75, 3.05) is 13.1 Å². The second-order valence-corrected chi connectivity index (χ2v) is 11.9. The van der Waals surface area contributed by atoms with Gasteiger partial charge in [0.1, 0.15) is 23.3 Å². The van der Waals surface area contributed by atoms with Crippen LogP contribution in [-0.2, 0) is 15.4 Å². The Labute approximate surface area is 207 Å². The summed E-state index contributed by atoms with van der Waals surface area (Å²) in [5, 5.41) is 8.53. The first-order chi connectivity index (χ1) is 17.0. The van der Waals surface area contributed by atoms with E-state index in [1.165, 1.54) is 6.07 Å². The van der Waals surface area contributed by atoms with Gasteiger partial charge in [0.05, 0.1) is 17.0 Å². The third-order valence-corrected chi connectivity index (χ3v) is 10.1. The van der Waals surface area contributed by atoms with E-state index in [1.54, 1.807) is 13.0 Å². The van der Waals surface area contributed by atoms with Crippen LogP contribution in [0.25, 0.3) is 11.3 Å². The summed E-state index contributed by atoms with van der Waals surface area (Å²) in [5.41, 5.74) is -0.160.